The zero-order valence-corrected chi connectivity index (χ0v) is 13.2. The van der Waals surface area contributed by atoms with E-state index < -0.39 is 10.0 Å². The van der Waals surface area contributed by atoms with Gasteiger partial charge in [-0.15, -0.1) is 0 Å². The molecule has 0 amide bonds. The lowest BCUT2D eigenvalue weighted by Gasteiger charge is -2.12. The number of rotatable bonds is 8. The van der Waals surface area contributed by atoms with E-state index in [9.17, 15) is 8.42 Å². The predicted molar refractivity (Wildman–Crippen MR) is 81.6 cm³/mol. The Labute approximate surface area is 120 Å². The first-order valence-corrected chi connectivity index (χ1v) is 8.52. The van der Waals surface area contributed by atoms with Crippen LogP contribution < -0.4 is 15.4 Å². The number of hydrogen-bond donors (Lipinski definition) is 3. The van der Waals surface area contributed by atoms with Crippen LogP contribution in [0, 0.1) is 0 Å². The topological polar surface area (TPSA) is 96.0 Å². The zero-order valence-electron chi connectivity index (χ0n) is 12.4. The van der Waals surface area contributed by atoms with Crippen molar-refractivity contribution in [2.45, 2.75) is 26.7 Å². The first-order valence-electron chi connectivity index (χ1n) is 6.63. The van der Waals surface area contributed by atoms with Crippen molar-refractivity contribution < 1.29 is 8.42 Å². The lowest BCUT2D eigenvalue weighted by molar-refractivity contribution is 0.589. The second-order valence-corrected chi connectivity index (χ2v) is 6.61. The van der Waals surface area contributed by atoms with Crippen LogP contribution in [0.3, 0.4) is 0 Å². The molecule has 7 nitrogen and oxygen atoms in total. The Morgan fingerprint density at radius 1 is 1.15 bits per heavy atom. The second kappa shape index (κ2) is 7.39. The molecular weight excluding hydrogens is 278 g/mol. The van der Waals surface area contributed by atoms with Gasteiger partial charge in [0.25, 0.3) is 0 Å². The molecule has 0 bridgehead atoms. The normalized spacial score (nSPS) is 11.7. The van der Waals surface area contributed by atoms with E-state index in [-0.39, 0.29) is 5.92 Å². The van der Waals surface area contributed by atoms with E-state index in [1.807, 2.05) is 26.8 Å². The summed E-state index contributed by atoms with van der Waals surface area (Å²) in [5, 5.41) is 6.25. The summed E-state index contributed by atoms with van der Waals surface area (Å²) in [4.78, 5) is 8.83. The van der Waals surface area contributed by atoms with Gasteiger partial charge in [0.1, 0.15) is 17.5 Å². The van der Waals surface area contributed by atoms with Crippen molar-refractivity contribution in [1.29, 1.82) is 0 Å². The molecule has 0 aliphatic rings. The van der Waals surface area contributed by atoms with Crippen LogP contribution in [0.15, 0.2) is 6.07 Å². The lowest BCUT2D eigenvalue weighted by atomic mass is 10.2. The number of anilines is 2. The quantitative estimate of drug-likeness (QED) is 0.620. The Kier molecular flexibility index (Phi) is 6.15. The van der Waals surface area contributed by atoms with E-state index in [1.165, 1.54) is 0 Å². The minimum atomic E-state index is -3.15. The van der Waals surface area contributed by atoms with E-state index >= 15 is 0 Å². The number of nitrogens with one attached hydrogen (secondary N) is 3. The summed E-state index contributed by atoms with van der Waals surface area (Å²) in [5.41, 5.74) is 0. The van der Waals surface area contributed by atoms with Crippen LogP contribution in [-0.4, -0.2) is 44.3 Å². The van der Waals surface area contributed by atoms with Crippen molar-refractivity contribution in [2.75, 3.05) is 36.5 Å². The van der Waals surface area contributed by atoms with Gasteiger partial charge in [0.15, 0.2) is 0 Å². The highest BCUT2D eigenvalue weighted by molar-refractivity contribution is 7.88. The average molecular weight is 301 g/mol. The highest BCUT2D eigenvalue weighted by Gasteiger charge is 2.07. The summed E-state index contributed by atoms with van der Waals surface area (Å²) in [6, 6.07) is 1.82. The van der Waals surface area contributed by atoms with E-state index in [1.54, 1.807) is 0 Å². The summed E-state index contributed by atoms with van der Waals surface area (Å²) >= 11 is 0. The van der Waals surface area contributed by atoms with Gasteiger partial charge in [-0.25, -0.2) is 23.1 Å². The van der Waals surface area contributed by atoms with Crippen LogP contribution in [0.1, 0.15) is 32.5 Å². The molecule has 8 heteroatoms. The van der Waals surface area contributed by atoms with Crippen LogP contribution in [0.4, 0.5) is 11.6 Å². The van der Waals surface area contributed by atoms with Gasteiger partial charge in [-0.2, -0.15) is 0 Å². The standard InChI is InChI=1S/C12H23N5O2S/c1-5-13-10-8-11(17-12(16-10)9(2)3)14-6-7-15-20(4,18)19/h8-9,15H,5-7H2,1-4H3,(H2,13,14,16,17). The van der Waals surface area contributed by atoms with Crippen molar-refractivity contribution in [3.8, 4) is 0 Å². The first-order chi connectivity index (χ1) is 9.31. The summed E-state index contributed by atoms with van der Waals surface area (Å²) < 4.78 is 24.3. The van der Waals surface area contributed by atoms with Gasteiger partial charge in [-0.3, -0.25) is 0 Å². The Balaban J connectivity index is 2.68. The highest BCUT2D eigenvalue weighted by Crippen LogP contribution is 2.16. The Morgan fingerprint density at radius 2 is 1.75 bits per heavy atom. The molecule has 0 aliphatic heterocycles. The fourth-order valence-corrected chi connectivity index (χ4v) is 1.99. The van der Waals surface area contributed by atoms with Gasteiger partial charge < -0.3 is 10.6 Å². The number of aromatic nitrogens is 2. The molecule has 0 spiro atoms. The number of sulfonamides is 1. The van der Waals surface area contributed by atoms with Gasteiger partial charge in [0.05, 0.1) is 6.26 Å². The van der Waals surface area contributed by atoms with Crippen molar-refractivity contribution in [2.24, 2.45) is 0 Å². The first kappa shape index (κ1) is 16.6. The molecular formula is C12H23N5O2S. The monoisotopic (exact) mass is 301 g/mol. The molecule has 1 rings (SSSR count). The van der Waals surface area contributed by atoms with Crippen molar-refractivity contribution in [1.82, 2.24) is 14.7 Å². The van der Waals surface area contributed by atoms with Gasteiger partial charge in [0.2, 0.25) is 10.0 Å². The van der Waals surface area contributed by atoms with E-state index in [0.717, 1.165) is 24.4 Å². The summed E-state index contributed by atoms with van der Waals surface area (Å²) in [6.45, 7) is 7.62. The summed E-state index contributed by atoms with van der Waals surface area (Å²) in [6.07, 6.45) is 1.14. The summed E-state index contributed by atoms with van der Waals surface area (Å²) in [7, 11) is -3.15. The van der Waals surface area contributed by atoms with E-state index in [0.29, 0.717) is 18.9 Å². The largest absolute Gasteiger partial charge is 0.370 e. The molecule has 0 radical (unpaired) electrons. The van der Waals surface area contributed by atoms with Gasteiger partial charge in [0, 0.05) is 31.6 Å². The Hall–Kier alpha value is -1.41. The third-order valence-electron chi connectivity index (χ3n) is 2.41. The predicted octanol–water partition coefficient (Wildman–Crippen LogP) is 0.993. The third-order valence-corrected chi connectivity index (χ3v) is 3.14. The molecule has 0 unspecified atom stereocenters. The minimum absolute atomic E-state index is 0.225. The van der Waals surface area contributed by atoms with Crippen LogP contribution in [-0.2, 0) is 10.0 Å². The lowest BCUT2D eigenvalue weighted by Crippen LogP contribution is -2.27. The molecule has 0 fully saturated rings. The third kappa shape index (κ3) is 6.16. The Morgan fingerprint density at radius 3 is 2.25 bits per heavy atom. The molecule has 0 atom stereocenters. The van der Waals surface area contributed by atoms with Crippen molar-refractivity contribution >= 4 is 21.7 Å². The number of nitrogens with zero attached hydrogens (tertiary/aromatic N) is 2. The van der Waals surface area contributed by atoms with Crippen LogP contribution >= 0.6 is 0 Å². The summed E-state index contributed by atoms with van der Waals surface area (Å²) in [5.74, 6) is 2.44. The smallest absolute Gasteiger partial charge is 0.208 e. The highest BCUT2D eigenvalue weighted by atomic mass is 32.2. The molecule has 20 heavy (non-hydrogen) atoms. The molecule has 1 aromatic heterocycles. The maximum absolute atomic E-state index is 11.0. The minimum Gasteiger partial charge on any atom is -0.370 e. The number of hydrogen-bond acceptors (Lipinski definition) is 6. The Bertz CT molecular complexity index is 531. The fraction of sp³-hybridized carbons (Fsp3) is 0.667. The average Bonchev–Trinajstić information content (AvgIpc) is 2.33. The van der Waals surface area contributed by atoms with E-state index in [2.05, 4.69) is 25.3 Å². The fourth-order valence-electron chi connectivity index (χ4n) is 1.51. The molecule has 3 N–H and O–H groups in total. The van der Waals surface area contributed by atoms with Gasteiger partial charge in [-0.05, 0) is 6.92 Å². The zero-order chi connectivity index (χ0) is 15.2. The molecule has 114 valence electrons. The molecule has 1 heterocycles. The van der Waals surface area contributed by atoms with Crippen LogP contribution in [0.2, 0.25) is 0 Å². The van der Waals surface area contributed by atoms with Gasteiger partial charge >= 0.3 is 0 Å². The molecule has 0 aliphatic carbocycles. The van der Waals surface area contributed by atoms with Crippen molar-refractivity contribution in [3.05, 3.63) is 11.9 Å². The maximum Gasteiger partial charge on any atom is 0.208 e. The second-order valence-electron chi connectivity index (χ2n) is 4.77. The van der Waals surface area contributed by atoms with Crippen LogP contribution in [0.25, 0.3) is 0 Å². The van der Waals surface area contributed by atoms with E-state index in [4.69, 9.17) is 0 Å². The van der Waals surface area contributed by atoms with Gasteiger partial charge in [-0.1, -0.05) is 13.8 Å². The SMILES string of the molecule is CCNc1cc(NCCNS(C)(=O)=O)nc(C(C)C)n1. The van der Waals surface area contributed by atoms with Crippen molar-refractivity contribution in [3.63, 3.8) is 0 Å². The molecule has 0 saturated heterocycles. The molecule has 0 saturated carbocycles. The molecule has 1 aromatic rings. The maximum atomic E-state index is 11.0. The van der Waals surface area contributed by atoms with Crippen LogP contribution in [0.5, 0.6) is 0 Å². The molecule has 0 aromatic carbocycles.